The quantitative estimate of drug-likeness (QED) is 0.148. The molecule has 17 heteroatoms. The van der Waals surface area contributed by atoms with E-state index >= 15 is 0 Å². The predicted molar refractivity (Wildman–Crippen MR) is 214 cm³/mol. The molecule has 62 heavy (non-hydrogen) atoms. The molecule has 1 spiro atoms. The van der Waals surface area contributed by atoms with Crippen molar-refractivity contribution in [2.45, 2.75) is 203 Å². The van der Waals surface area contributed by atoms with Gasteiger partial charge in [0.1, 0.15) is 67.1 Å². The first-order chi connectivity index (χ1) is 29.4. The second-order valence-corrected chi connectivity index (χ2v) is 21.1. The maximum Gasteiger partial charge on any atom is 0.187 e. The number of hydrogen-bond acceptors (Lipinski definition) is 17. The molecule has 354 valence electrons. The number of aliphatic hydroxyl groups excluding tert-OH is 9. The lowest BCUT2D eigenvalue weighted by Crippen LogP contribution is -2.67. The summed E-state index contributed by atoms with van der Waals surface area (Å²) in [5.41, 5.74) is 1.48. The van der Waals surface area contributed by atoms with Crippen LogP contribution >= 0.6 is 0 Å². The maximum atomic E-state index is 12.0. The van der Waals surface area contributed by atoms with Gasteiger partial charge in [-0.15, -0.1) is 0 Å². The van der Waals surface area contributed by atoms with Crippen LogP contribution in [0, 0.1) is 46.3 Å². The van der Waals surface area contributed by atoms with Crippen LogP contribution in [0.1, 0.15) is 92.4 Å². The van der Waals surface area contributed by atoms with Crippen LogP contribution < -0.4 is 0 Å². The average molecular weight is 885 g/mol. The van der Waals surface area contributed by atoms with E-state index in [0.717, 1.165) is 51.6 Å². The van der Waals surface area contributed by atoms with Crippen LogP contribution in [-0.4, -0.2) is 176 Å². The fourth-order valence-electron chi connectivity index (χ4n) is 14.0. The number of hydrogen-bond donors (Lipinski definition) is 9. The largest absolute Gasteiger partial charge is 0.394 e. The zero-order valence-electron chi connectivity index (χ0n) is 36.6. The standard InChI is InChI=1S/C45H72O17/c1-19-8-13-45(55-18-19)20(2)30-27(62-45)15-26-24-7-6-22-14-23(9-11-43(22,4)25(24)10-12-44(26,30)5)57-42-39(61-40-35(52)33(50)31(48)21(3)56-40)37(54)38(29(17-47)59-42)60-41-36(53)34(51)32(49)28(16-46)58-41/h6,19-21,23-42,46-54H,7-18H2,1-5H3/t19-,20-,21-,23+,24+,25-,26-,27-,28-,29+,30-,31-,32+,33+,34+,35+,36+,37-,38+,39+,40+,41+,42+,43-,44-,45+/m1/s1. The van der Waals surface area contributed by atoms with E-state index in [1.807, 2.05) is 0 Å². The second kappa shape index (κ2) is 17.3. The molecule has 9 rings (SSSR count). The van der Waals surface area contributed by atoms with E-state index in [4.69, 9.17) is 37.9 Å². The summed E-state index contributed by atoms with van der Waals surface area (Å²) in [5.74, 6) is 2.56. The molecule has 0 aromatic heterocycles. The molecule has 4 aliphatic carbocycles. The van der Waals surface area contributed by atoms with Gasteiger partial charge < -0.3 is 83.9 Å². The topological polar surface area (TPSA) is 256 Å². The van der Waals surface area contributed by atoms with Crippen LogP contribution in [0.3, 0.4) is 0 Å². The van der Waals surface area contributed by atoms with Crippen molar-refractivity contribution >= 4 is 0 Å². The molecule has 9 aliphatic rings. The molecule has 0 amide bonds. The van der Waals surface area contributed by atoms with Crippen molar-refractivity contribution in [3.63, 3.8) is 0 Å². The van der Waals surface area contributed by atoms with Crippen LogP contribution in [0.4, 0.5) is 0 Å². The van der Waals surface area contributed by atoms with Gasteiger partial charge in [0.25, 0.3) is 0 Å². The summed E-state index contributed by atoms with van der Waals surface area (Å²) in [4.78, 5) is 0. The molecule has 0 aromatic carbocycles. The molecule has 0 aromatic rings. The summed E-state index contributed by atoms with van der Waals surface area (Å²) in [6.45, 7) is 10.4. The Morgan fingerprint density at radius 3 is 2.05 bits per heavy atom. The highest BCUT2D eigenvalue weighted by atomic mass is 16.8. The van der Waals surface area contributed by atoms with E-state index in [1.165, 1.54) is 12.5 Å². The third kappa shape index (κ3) is 7.49. The molecule has 5 saturated heterocycles. The Labute approximate surface area is 363 Å². The lowest BCUT2D eigenvalue weighted by Gasteiger charge is -2.58. The first-order valence-electron chi connectivity index (χ1n) is 23.4. The minimum Gasteiger partial charge on any atom is -0.394 e. The summed E-state index contributed by atoms with van der Waals surface area (Å²) < 4.78 is 49.9. The summed E-state index contributed by atoms with van der Waals surface area (Å²) in [7, 11) is 0. The van der Waals surface area contributed by atoms with Crippen LogP contribution in [0.25, 0.3) is 0 Å². The van der Waals surface area contributed by atoms with Crippen LogP contribution in [0.15, 0.2) is 11.6 Å². The molecule has 0 radical (unpaired) electrons. The first-order valence-corrected chi connectivity index (χ1v) is 23.4. The maximum absolute atomic E-state index is 12.0. The van der Waals surface area contributed by atoms with Crippen molar-refractivity contribution in [2.75, 3.05) is 19.8 Å². The summed E-state index contributed by atoms with van der Waals surface area (Å²) in [6.07, 6.45) is -12.0. The van der Waals surface area contributed by atoms with Crippen LogP contribution in [0.2, 0.25) is 0 Å². The highest BCUT2D eigenvalue weighted by Crippen LogP contribution is 2.70. The fourth-order valence-corrected chi connectivity index (χ4v) is 14.0. The van der Waals surface area contributed by atoms with Crippen LogP contribution in [0.5, 0.6) is 0 Å². The van der Waals surface area contributed by atoms with Gasteiger partial charge in [-0.2, -0.15) is 0 Å². The summed E-state index contributed by atoms with van der Waals surface area (Å²) >= 11 is 0. The number of rotatable bonds is 8. The molecular formula is C45H72O17. The Kier molecular flexibility index (Phi) is 12.9. The Morgan fingerprint density at radius 1 is 0.677 bits per heavy atom. The molecule has 9 N–H and O–H groups in total. The highest BCUT2D eigenvalue weighted by molar-refractivity contribution is 5.26. The summed E-state index contributed by atoms with van der Waals surface area (Å²) in [5, 5.41) is 95.7. The van der Waals surface area contributed by atoms with Crippen molar-refractivity contribution in [1.29, 1.82) is 0 Å². The van der Waals surface area contributed by atoms with Gasteiger partial charge in [-0.05, 0) is 98.7 Å². The van der Waals surface area contributed by atoms with Crippen molar-refractivity contribution in [1.82, 2.24) is 0 Å². The Balaban J connectivity index is 0.917. The molecule has 5 heterocycles. The van der Waals surface area contributed by atoms with Gasteiger partial charge in [-0.3, -0.25) is 0 Å². The van der Waals surface area contributed by atoms with E-state index in [1.54, 1.807) is 0 Å². The molecular weight excluding hydrogens is 812 g/mol. The SMILES string of the molecule is C[C@@H]1CC[C@]2(OC1)O[C@@H]1C[C@@H]3[C@H]4CC=C5C[C@@H](O[C@H]6O[C@@H](CO)[C@H](O[C@@H]7O[C@H](CO)[C@H](O)[C@H](O)[C@@H]7O)[C@@H](O)[C@@H]6O[C@@H]6O[C@H](C)[C@@H](O)[C@H](O)[C@@H]6O)CC[C@@]5(C)[C@@H]4CC[C@@]3(C)[C@@H]1[C@H]2C. The number of aliphatic hydroxyl groups is 9. The van der Waals surface area contributed by atoms with Crippen molar-refractivity contribution in [3.8, 4) is 0 Å². The van der Waals surface area contributed by atoms with Gasteiger partial charge in [-0.1, -0.05) is 39.3 Å². The first kappa shape index (κ1) is 46.2. The van der Waals surface area contributed by atoms with Gasteiger partial charge in [0, 0.05) is 12.3 Å². The Hall–Kier alpha value is -0.940. The van der Waals surface area contributed by atoms with Crippen molar-refractivity contribution in [2.24, 2.45) is 46.3 Å². The highest BCUT2D eigenvalue weighted by Gasteiger charge is 2.69. The van der Waals surface area contributed by atoms with Crippen molar-refractivity contribution in [3.05, 3.63) is 11.6 Å². The van der Waals surface area contributed by atoms with Gasteiger partial charge >= 0.3 is 0 Å². The van der Waals surface area contributed by atoms with E-state index in [2.05, 4.69) is 33.8 Å². The normalized spacial score (nSPS) is 57.6. The molecule has 17 nitrogen and oxygen atoms in total. The van der Waals surface area contributed by atoms with E-state index in [9.17, 15) is 46.0 Å². The molecule has 5 aliphatic heterocycles. The Morgan fingerprint density at radius 2 is 1.35 bits per heavy atom. The van der Waals surface area contributed by atoms with Gasteiger partial charge in [0.05, 0.1) is 38.1 Å². The third-order valence-electron chi connectivity index (χ3n) is 17.7. The molecule has 0 bridgehead atoms. The van der Waals surface area contributed by atoms with E-state index in [0.29, 0.717) is 48.3 Å². The van der Waals surface area contributed by atoms with E-state index in [-0.39, 0.29) is 23.0 Å². The Bertz CT molecular complexity index is 1610. The zero-order chi connectivity index (χ0) is 44.2. The second-order valence-electron chi connectivity index (χ2n) is 21.1. The fraction of sp³-hybridized carbons (Fsp3) is 0.956. The smallest absolute Gasteiger partial charge is 0.187 e. The predicted octanol–water partition coefficient (Wildman–Crippen LogP) is 0.214. The zero-order valence-corrected chi connectivity index (χ0v) is 36.6. The number of allylic oxidation sites excluding steroid dienone is 1. The van der Waals surface area contributed by atoms with Gasteiger partial charge in [-0.25, -0.2) is 0 Å². The van der Waals surface area contributed by atoms with E-state index < -0.39 is 111 Å². The third-order valence-corrected chi connectivity index (χ3v) is 17.7. The van der Waals surface area contributed by atoms with Crippen LogP contribution in [-0.2, 0) is 37.9 Å². The van der Waals surface area contributed by atoms with Gasteiger partial charge in [0.2, 0.25) is 0 Å². The lowest BCUT2D eigenvalue weighted by atomic mass is 9.47. The minimum atomic E-state index is -1.82. The minimum absolute atomic E-state index is 0.0356. The van der Waals surface area contributed by atoms with Gasteiger partial charge in [0.15, 0.2) is 24.7 Å². The number of ether oxygens (including phenoxy) is 8. The molecule has 8 fully saturated rings. The number of fused-ring (bicyclic) bond motifs is 7. The molecule has 0 unspecified atom stereocenters. The average Bonchev–Trinajstić information content (AvgIpc) is 3.70. The molecule has 3 saturated carbocycles. The molecule has 26 atom stereocenters. The lowest BCUT2D eigenvalue weighted by molar-refractivity contribution is -0.389. The monoisotopic (exact) mass is 884 g/mol. The summed E-state index contributed by atoms with van der Waals surface area (Å²) in [6, 6.07) is 0. The van der Waals surface area contributed by atoms with Crippen molar-refractivity contribution < 1.29 is 83.9 Å².